The molecule has 0 radical (unpaired) electrons. The minimum absolute atomic E-state index is 0.0428. The first kappa shape index (κ1) is 31.4. The van der Waals surface area contributed by atoms with E-state index in [0.717, 1.165) is 55.4 Å². The molecule has 0 heterocycles. The minimum atomic E-state index is -3.97. The number of hydrogen-bond acceptors (Lipinski definition) is 6. The molecule has 1 atom stereocenters. The predicted octanol–water partition coefficient (Wildman–Crippen LogP) is 3.94. The van der Waals surface area contributed by atoms with Gasteiger partial charge in [0, 0.05) is 18.2 Å². The first-order chi connectivity index (χ1) is 19.3. The SMILES string of the molecule is COc1ccc(C(C#Cc2ccccc2)CNC(=O)CN)cc1OC1CCCC1.O=S(=O)(O)NC1CCCCC1. The van der Waals surface area contributed by atoms with Gasteiger partial charge in [-0.15, -0.1) is 0 Å². The van der Waals surface area contributed by atoms with Crippen molar-refractivity contribution in [1.82, 2.24) is 10.0 Å². The Bertz CT molecular complexity index is 1230. The summed E-state index contributed by atoms with van der Waals surface area (Å²) in [5.41, 5.74) is 7.33. The first-order valence-corrected chi connectivity index (χ1v) is 15.3. The number of methoxy groups -OCH3 is 1. The molecule has 2 aliphatic carbocycles. The standard InChI is InChI=1S/C24H28N2O3.C6H13NO3S/c1-28-22-14-13-19(15-23(22)29-21-9-5-6-10-21)20(17-26-24(27)16-25)12-11-18-7-3-2-4-8-18;8-11(9,10)7-6-4-2-1-3-5-6/h2-4,7-8,13-15,20-21H,5-6,9-10,16-17,25H2,1H3,(H,26,27);6-7H,1-5H2,(H,8,9,10). The molecule has 4 rings (SSSR count). The molecule has 1 amide bonds. The van der Waals surface area contributed by atoms with Crippen LogP contribution >= 0.6 is 0 Å². The zero-order valence-corrected chi connectivity index (χ0v) is 23.9. The monoisotopic (exact) mass is 571 g/mol. The van der Waals surface area contributed by atoms with E-state index >= 15 is 0 Å². The molecule has 5 N–H and O–H groups in total. The Morgan fingerprint density at radius 1 is 1.02 bits per heavy atom. The van der Waals surface area contributed by atoms with Crippen LogP contribution in [0.3, 0.4) is 0 Å². The number of nitrogens with two attached hydrogens (primary N) is 1. The molecule has 218 valence electrons. The van der Waals surface area contributed by atoms with Gasteiger partial charge < -0.3 is 20.5 Å². The molecule has 1 unspecified atom stereocenters. The summed E-state index contributed by atoms with van der Waals surface area (Å²) in [7, 11) is -2.33. The fourth-order valence-electron chi connectivity index (χ4n) is 4.85. The van der Waals surface area contributed by atoms with Crippen molar-refractivity contribution in [2.45, 2.75) is 75.9 Å². The third kappa shape index (κ3) is 11.2. The summed E-state index contributed by atoms with van der Waals surface area (Å²) in [6, 6.07) is 15.6. The number of nitrogens with one attached hydrogen (secondary N) is 2. The van der Waals surface area contributed by atoms with Crippen LogP contribution in [0.2, 0.25) is 0 Å². The maximum atomic E-state index is 11.7. The van der Waals surface area contributed by atoms with E-state index < -0.39 is 10.3 Å². The molecule has 0 spiro atoms. The summed E-state index contributed by atoms with van der Waals surface area (Å²) in [6.45, 7) is 0.336. The Labute approximate surface area is 238 Å². The number of ether oxygens (including phenoxy) is 2. The summed E-state index contributed by atoms with van der Waals surface area (Å²) in [6.07, 6.45) is 9.72. The van der Waals surface area contributed by atoms with Crippen LogP contribution in [0.4, 0.5) is 0 Å². The van der Waals surface area contributed by atoms with Crippen LogP contribution in [0.25, 0.3) is 0 Å². The van der Waals surface area contributed by atoms with Crippen LogP contribution in [-0.4, -0.2) is 51.2 Å². The van der Waals surface area contributed by atoms with Gasteiger partial charge in [-0.3, -0.25) is 9.35 Å². The average Bonchev–Trinajstić information content (AvgIpc) is 3.46. The highest BCUT2D eigenvalue weighted by Crippen LogP contribution is 2.34. The van der Waals surface area contributed by atoms with E-state index in [1.807, 2.05) is 48.5 Å². The van der Waals surface area contributed by atoms with E-state index in [4.69, 9.17) is 19.8 Å². The molecule has 0 bridgehead atoms. The summed E-state index contributed by atoms with van der Waals surface area (Å²) < 4.78 is 43.0. The Morgan fingerprint density at radius 3 is 2.33 bits per heavy atom. The molecule has 2 aromatic carbocycles. The summed E-state index contributed by atoms with van der Waals surface area (Å²) in [4.78, 5) is 11.7. The lowest BCUT2D eigenvalue weighted by atomic mass is 9.96. The molecular weight excluding hydrogens is 530 g/mol. The van der Waals surface area contributed by atoms with Gasteiger partial charge in [0.15, 0.2) is 11.5 Å². The third-order valence-electron chi connectivity index (χ3n) is 6.96. The lowest BCUT2D eigenvalue weighted by molar-refractivity contribution is -0.119. The van der Waals surface area contributed by atoms with Crippen LogP contribution in [0.15, 0.2) is 48.5 Å². The zero-order valence-electron chi connectivity index (χ0n) is 23.1. The Morgan fingerprint density at radius 2 is 1.70 bits per heavy atom. The highest BCUT2D eigenvalue weighted by Gasteiger charge is 2.20. The molecule has 2 aromatic rings. The summed E-state index contributed by atoms with van der Waals surface area (Å²) in [5.74, 6) is 7.54. The third-order valence-corrected chi connectivity index (χ3v) is 7.59. The molecule has 2 saturated carbocycles. The van der Waals surface area contributed by atoms with Crippen LogP contribution < -0.4 is 25.2 Å². The van der Waals surface area contributed by atoms with Crippen molar-refractivity contribution in [2.75, 3.05) is 20.2 Å². The fraction of sp³-hybridized carbons (Fsp3) is 0.500. The van der Waals surface area contributed by atoms with Crippen LogP contribution in [0.5, 0.6) is 11.5 Å². The molecule has 10 heteroatoms. The van der Waals surface area contributed by atoms with Gasteiger partial charge in [-0.1, -0.05) is 55.4 Å². The molecule has 0 saturated heterocycles. The van der Waals surface area contributed by atoms with E-state index in [0.29, 0.717) is 12.3 Å². The maximum absolute atomic E-state index is 11.7. The average molecular weight is 572 g/mol. The van der Waals surface area contributed by atoms with Crippen molar-refractivity contribution in [1.29, 1.82) is 0 Å². The topological polar surface area (TPSA) is 140 Å². The van der Waals surface area contributed by atoms with Gasteiger partial charge in [0.2, 0.25) is 5.91 Å². The van der Waals surface area contributed by atoms with Gasteiger partial charge in [0.1, 0.15) is 0 Å². The molecule has 9 nitrogen and oxygen atoms in total. The van der Waals surface area contributed by atoms with Gasteiger partial charge in [-0.25, -0.2) is 0 Å². The number of carbonyl (C=O) groups excluding carboxylic acids is 1. The quantitative estimate of drug-likeness (QED) is 0.264. The van der Waals surface area contributed by atoms with Crippen molar-refractivity contribution < 1.29 is 27.2 Å². The number of rotatable bonds is 9. The number of amides is 1. The normalized spacial score (nSPS) is 16.6. The molecule has 2 fully saturated rings. The Kier molecular flexibility index (Phi) is 12.8. The van der Waals surface area contributed by atoms with Crippen molar-refractivity contribution >= 4 is 16.2 Å². The van der Waals surface area contributed by atoms with Crippen molar-refractivity contribution in [3.8, 4) is 23.3 Å². The van der Waals surface area contributed by atoms with Gasteiger partial charge in [0.05, 0.1) is 25.7 Å². The number of benzene rings is 2. The van der Waals surface area contributed by atoms with Crippen molar-refractivity contribution in [3.05, 3.63) is 59.7 Å². The molecule has 0 aromatic heterocycles. The molecule has 40 heavy (non-hydrogen) atoms. The molecule has 0 aliphatic heterocycles. The van der Waals surface area contributed by atoms with Gasteiger partial charge in [-0.05, 0) is 68.4 Å². The zero-order chi connectivity index (χ0) is 28.8. The van der Waals surface area contributed by atoms with E-state index in [-0.39, 0.29) is 30.5 Å². The highest BCUT2D eigenvalue weighted by atomic mass is 32.2. The number of hydrogen-bond donors (Lipinski definition) is 4. The van der Waals surface area contributed by atoms with Crippen LogP contribution in [0.1, 0.15) is 74.8 Å². The Balaban J connectivity index is 0.000000336. The van der Waals surface area contributed by atoms with Gasteiger partial charge in [0.25, 0.3) is 0 Å². The second-order valence-electron chi connectivity index (χ2n) is 10.1. The van der Waals surface area contributed by atoms with Crippen molar-refractivity contribution in [3.63, 3.8) is 0 Å². The minimum Gasteiger partial charge on any atom is -0.493 e. The van der Waals surface area contributed by atoms with E-state index in [9.17, 15) is 13.2 Å². The summed E-state index contributed by atoms with van der Waals surface area (Å²) >= 11 is 0. The Hall–Kier alpha value is -3.10. The highest BCUT2D eigenvalue weighted by molar-refractivity contribution is 7.83. The van der Waals surface area contributed by atoms with E-state index in [2.05, 4.69) is 21.9 Å². The summed E-state index contributed by atoms with van der Waals surface area (Å²) in [5, 5.41) is 2.85. The molecule has 2 aliphatic rings. The first-order valence-electron chi connectivity index (χ1n) is 13.9. The van der Waals surface area contributed by atoms with Crippen molar-refractivity contribution in [2.24, 2.45) is 5.73 Å². The predicted molar refractivity (Wildman–Crippen MR) is 156 cm³/mol. The van der Waals surface area contributed by atoms with Gasteiger partial charge >= 0.3 is 10.3 Å². The second kappa shape index (κ2) is 16.2. The molecular formula is C30H41N3O6S. The lowest BCUT2D eigenvalue weighted by Crippen LogP contribution is -2.35. The fourth-order valence-corrected chi connectivity index (χ4v) is 5.51. The van der Waals surface area contributed by atoms with Gasteiger partial charge in [-0.2, -0.15) is 13.1 Å². The van der Waals surface area contributed by atoms with E-state index in [1.165, 1.54) is 19.3 Å². The van der Waals surface area contributed by atoms with E-state index in [1.54, 1.807) is 7.11 Å². The van der Waals surface area contributed by atoms with Crippen LogP contribution in [-0.2, 0) is 15.1 Å². The lowest BCUT2D eigenvalue weighted by Gasteiger charge is -2.20. The second-order valence-corrected chi connectivity index (χ2v) is 11.2. The largest absolute Gasteiger partial charge is 0.493 e. The number of carbonyl (C=O) groups is 1. The van der Waals surface area contributed by atoms with Crippen LogP contribution in [0, 0.1) is 11.8 Å². The maximum Gasteiger partial charge on any atom is 0.333 e. The smallest absolute Gasteiger partial charge is 0.333 e.